The minimum Gasteiger partial charge on any atom is -0.309 e. The number of fused-ring (bicyclic) bond motifs is 6. The van der Waals surface area contributed by atoms with Crippen LogP contribution in [0.2, 0.25) is 0 Å². The molecule has 0 saturated heterocycles. The highest BCUT2D eigenvalue weighted by molar-refractivity contribution is 6.16. The van der Waals surface area contributed by atoms with E-state index < -0.39 is 0 Å². The summed E-state index contributed by atoms with van der Waals surface area (Å²) in [4.78, 5) is 9.85. The standard InChI is InChI=1S/C55H43N5/c1-55(2,3)43-30-26-40(27-31-43)54(58-53(56)39-14-6-4-7-15-39)57-36-59-49-20-12-10-18-45(49)47-32-28-41(34-51(47)59)37-22-24-38(25-23-37)42-29-33-48-46-19-11-13-21-50(46)60(52(48)35-42)44-16-8-5-9-17-44/h4-36,56H,1-3H3. The summed E-state index contributed by atoms with van der Waals surface area (Å²) < 4.78 is 4.51. The molecule has 5 nitrogen and oxygen atoms in total. The average Bonchev–Trinajstić information content (AvgIpc) is 3.79. The molecule has 60 heavy (non-hydrogen) atoms. The Morgan fingerprint density at radius 2 is 0.967 bits per heavy atom. The van der Waals surface area contributed by atoms with E-state index in [4.69, 9.17) is 15.4 Å². The Bertz CT molecular complexity index is 3270. The second-order valence-corrected chi connectivity index (χ2v) is 16.3. The van der Waals surface area contributed by atoms with Gasteiger partial charge in [-0.25, -0.2) is 9.98 Å². The van der Waals surface area contributed by atoms with Crippen LogP contribution in [0.1, 0.15) is 37.5 Å². The first kappa shape index (κ1) is 36.7. The number of benzene rings is 8. The molecule has 0 atom stereocenters. The van der Waals surface area contributed by atoms with Gasteiger partial charge in [0.05, 0.1) is 22.1 Å². The van der Waals surface area contributed by atoms with Gasteiger partial charge in [-0.15, -0.1) is 0 Å². The van der Waals surface area contributed by atoms with Crippen LogP contribution in [0.15, 0.2) is 204 Å². The van der Waals surface area contributed by atoms with Gasteiger partial charge < -0.3 is 4.57 Å². The highest BCUT2D eigenvalue weighted by Gasteiger charge is 2.17. The van der Waals surface area contributed by atoms with Gasteiger partial charge in [-0.3, -0.25) is 9.98 Å². The fraction of sp³-hybridized carbons (Fsp3) is 0.0727. The van der Waals surface area contributed by atoms with E-state index in [1.165, 1.54) is 32.9 Å². The van der Waals surface area contributed by atoms with Crippen LogP contribution in [0, 0.1) is 5.41 Å². The molecule has 0 saturated carbocycles. The molecule has 0 amide bonds. The molecule has 0 bridgehead atoms. The normalized spacial score (nSPS) is 12.3. The summed E-state index contributed by atoms with van der Waals surface area (Å²) in [5, 5.41) is 13.7. The largest absolute Gasteiger partial charge is 0.309 e. The third-order valence-electron chi connectivity index (χ3n) is 11.5. The van der Waals surface area contributed by atoms with Crippen LogP contribution in [0.5, 0.6) is 0 Å². The molecule has 0 spiro atoms. The molecule has 0 aliphatic carbocycles. The molecule has 0 aliphatic rings. The Morgan fingerprint density at radius 1 is 0.467 bits per heavy atom. The third-order valence-corrected chi connectivity index (χ3v) is 11.5. The lowest BCUT2D eigenvalue weighted by atomic mass is 9.86. The lowest BCUT2D eigenvalue weighted by Crippen LogP contribution is -2.12. The lowest BCUT2D eigenvalue weighted by Gasteiger charge is -2.19. The minimum absolute atomic E-state index is 0.0101. The van der Waals surface area contributed by atoms with Gasteiger partial charge in [-0.1, -0.05) is 178 Å². The van der Waals surface area contributed by atoms with Gasteiger partial charge in [-0.05, 0) is 69.6 Å². The van der Waals surface area contributed by atoms with E-state index in [2.05, 4.69) is 194 Å². The third kappa shape index (κ3) is 6.70. The minimum atomic E-state index is 0.0101. The molecule has 0 radical (unpaired) electrons. The first-order valence-corrected chi connectivity index (χ1v) is 20.4. The highest BCUT2D eigenvalue weighted by atomic mass is 15.1. The number of amidine groups is 2. The maximum Gasteiger partial charge on any atom is 0.163 e. The second-order valence-electron chi connectivity index (χ2n) is 16.3. The molecule has 2 heterocycles. The van der Waals surface area contributed by atoms with Crippen molar-refractivity contribution in [2.75, 3.05) is 0 Å². The molecular weight excluding hydrogens is 731 g/mol. The topological polar surface area (TPSA) is 58.4 Å². The summed E-state index contributed by atoms with van der Waals surface area (Å²) in [5.74, 6) is 0.637. The zero-order valence-electron chi connectivity index (χ0n) is 33.8. The van der Waals surface area contributed by atoms with Gasteiger partial charge >= 0.3 is 0 Å². The highest BCUT2D eigenvalue weighted by Crippen LogP contribution is 2.36. The number of aliphatic imine (C=N–C) groups is 2. The summed E-state index contributed by atoms with van der Waals surface area (Å²) in [6, 6.07) is 68.1. The van der Waals surface area contributed by atoms with Gasteiger partial charge in [0.2, 0.25) is 0 Å². The summed E-state index contributed by atoms with van der Waals surface area (Å²) in [5.41, 5.74) is 13.0. The molecule has 5 heteroatoms. The van der Waals surface area contributed by atoms with Gasteiger partial charge in [0.15, 0.2) is 11.7 Å². The maximum atomic E-state index is 8.89. The van der Waals surface area contributed by atoms with Crippen molar-refractivity contribution in [1.29, 1.82) is 5.41 Å². The first-order valence-electron chi connectivity index (χ1n) is 20.4. The smallest absolute Gasteiger partial charge is 0.163 e. The molecule has 2 aromatic heterocycles. The van der Waals surface area contributed by atoms with Crippen LogP contribution >= 0.6 is 0 Å². The number of hydrogen-bond acceptors (Lipinski definition) is 1. The van der Waals surface area contributed by atoms with Crippen molar-refractivity contribution < 1.29 is 0 Å². The predicted molar refractivity (Wildman–Crippen MR) is 253 cm³/mol. The number of para-hydroxylation sites is 3. The van der Waals surface area contributed by atoms with E-state index in [9.17, 15) is 0 Å². The van der Waals surface area contributed by atoms with E-state index in [0.717, 1.165) is 55.3 Å². The van der Waals surface area contributed by atoms with Crippen molar-refractivity contribution >= 4 is 61.6 Å². The average molecular weight is 774 g/mol. The number of aromatic nitrogens is 2. The molecule has 0 aliphatic heterocycles. The Kier molecular flexibility index (Phi) is 9.14. The molecule has 10 rings (SSSR count). The Labute approximate surface area is 349 Å². The molecule has 0 unspecified atom stereocenters. The van der Waals surface area contributed by atoms with Crippen molar-refractivity contribution in [2.45, 2.75) is 26.2 Å². The van der Waals surface area contributed by atoms with Crippen molar-refractivity contribution in [3.63, 3.8) is 0 Å². The summed E-state index contributed by atoms with van der Waals surface area (Å²) in [7, 11) is 0. The zero-order chi connectivity index (χ0) is 40.8. The van der Waals surface area contributed by atoms with Crippen molar-refractivity contribution in [2.24, 2.45) is 9.98 Å². The quantitative estimate of drug-likeness (QED) is 0.129. The lowest BCUT2D eigenvalue weighted by molar-refractivity contribution is 0.590. The number of nitrogens with one attached hydrogen (secondary N) is 1. The monoisotopic (exact) mass is 773 g/mol. The number of hydrogen-bond donors (Lipinski definition) is 1. The van der Waals surface area contributed by atoms with Crippen molar-refractivity contribution in [3.8, 4) is 27.9 Å². The van der Waals surface area contributed by atoms with E-state index in [1.807, 2.05) is 36.7 Å². The van der Waals surface area contributed by atoms with E-state index >= 15 is 0 Å². The van der Waals surface area contributed by atoms with Crippen molar-refractivity contribution in [3.05, 3.63) is 211 Å². The fourth-order valence-corrected chi connectivity index (χ4v) is 8.33. The molecule has 10 aromatic rings. The van der Waals surface area contributed by atoms with Gasteiger partial charge in [0, 0.05) is 38.4 Å². The second kappa shape index (κ2) is 14.9. The van der Waals surface area contributed by atoms with Gasteiger partial charge in [-0.2, -0.15) is 0 Å². The SMILES string of the molecule is CC(C)(C)c1ccc(C(N=Cn2c3ccccc3c3ccc(-c4ccc(-c5ccc6c7ccccc7n(-c7ccccc7)c6c5)cc4)cc32)=NC(=N)c2ccccc2)cc1. The van der Waals surface area contributed by atoms with Gasteiger partial charge in [0.1, 0.15) is 6.34 Å². The summed E-state index contributed by atoms with van der Waals surface area (Å²) in [6.07, 6.45) is 1.86. The molecule has 1 N–H and O–H groups in total. The van der Waals surface area contributed by atoms with Crippen LogP contribution < -0.4 is 0 Å². The van der Waals surface area contributed by atoms with Crippen LogP contribution in [-0.2, 0) is 5.41 Å². The summed E-state index contributed by atoms with van der Waals surface area (Å²) in [6.45, 7) is 6.62. The molecular formula is C55H43N5. The van der Waals surface area contributed by atoms with Crippen LogP contribution in [-0.4, -0.2) is 27.1 Å². The fourth-order valence-electron chi connectivity index (χ4n) is 8.33. The van der Waals surface area contributed by atoms with Crippen LogP contribution in [0.3, 0.4) is 0 Å². The number of nitrogens with zero attached hydrogens (tertiary/aromatic N) is 4. The Hall–Kier alpha value is -7.63. The predicted octanol–water partition coefficient (Wildman–Crippen LogP) is 13.9. The molecule has 288 valence electrons. The van der Waals surface area contributed by atoms with E-state index in [-0.39, 0.29) is 11.3 Å². The van der Waals surface area contributed by atoms with E-state index in [0.29, 0.717) is 5.84 Å². The van der Waals surface area contributed by atoms with Gasteiger partial charge in [0.25, 0.3) is 0 Å². The van der Waals surface area contributed by atoms with Crippen LogP contribution in [0.25, 0.3) is 71.6 Å². The maximum absolute atomic E-state index is 8.89. The van der Waals surface area contributed by atoms with E-state index in [1.54, 1.807) is 0 Å². The van der Waals surface area contributed by atoms with Crippen molar-refractivity contribution in [1.82, 2.24) is 9.13 Å². The zero-order valence-corrected chi connectivity index (χ0v) is 33.8. The molecule has 0 fully saturated rings. The Balaban J connectivity index is 1.03. The van der Waals surface area contributed by atoms with Crippen LogP contribution in [0.4, 0.5) is 0 Å². The first-order chi connectivity index (χ1) is 29.3. The number of rotatable bonds is 6. The summed E-state index contributed by atoms with van der Waals surface area (Å²) >= 11 is 0. The molecule has 8 aromatic carbocycles. The Morgan fingerprint density at radius 3 is 1.60 bits per heavy atom.